The maximum absolute atomic E-state index is 5.43. The Balaban J connectivity index is 2.29. The lowest BCUT2D eigenvalue weighted by atomic mass is 10.5. The molecule has 0 bridgehead atoms. The van der Waals surface area contributed by atoms with Crippen LogP contribution in [0.4, 0.5) is 11.9 Å². The van der Waals surface area contributed by atoms with Gasteiger partial charge in [0.05, 0.1) is 0 Å². The number of pyridine rings is 1. The molecule has 2 aromatic rings. The number of nitrogen functional groups attached to an aromatic ring is 1. The molecule has 0 aliphatic heterocycles. The van der Waals surface area contributed by atoms with Crippen LogP contribution in [0.15, 0.2) is 33.0 Å². The molecule has 2 aromatic heterocycles. The van der Waals surface area contributed by atoms with Gasteiger partial charge < -0.3 is 4.90 Å². The van der Waals surface area contributed by atoms with Crippen molar-refractivity contribution in [1.82, 2.24) is 19.9 Å². The summed E-state index contributed by atoms with van der Waals surface area (Å²) in [5.74, 6) is 6.37. The zero-order valence-corrected chi connectivity index (χ0v) is 14.1. The van der Waals surface area contributed by atoms with Crippen LogP contribution in [-0.2, 0) is 0 Å². The summed E-state index contributed by atoms with van der Waals surface area (Å²) in [5.41, 5.74) is 2.48. The van der Waals surface area contributed by atoms with Gasteiger partial charge >= 0.3 is 0 Å². The fraction of sp³-hybridized carbons (Fsp3) is 0.333. The first-order chi connectivity index (χ1) is 10.2. The van der Waals surface area contributed by atoms with Crippen LogP contribution in [0.2, 0.25) is 0 Å². The van der Waals surface area contributed by atoms with E-state index in [-0.39, 0.29) is 0 Å². The van der Waals surface area contributed by atoms with Crippen LogP contribution in [-0.4, -0.2) is 33.0 Å². The molecule has 3 N–H and O–H groups in total. The van der Waals surface area contributed by atoms with Crippen molar-refractivity contribution < 1.29 is 0 Å². The Morgan fingerprint density at radius 2 is 2.00 bits per heavy atom. The third kappa shape index (κ3) is 4.26. The number of nitrogens with two attached hydrogens (primary N) is 1. The Morgan fingerprint density at radius 1 is 1.24 bits per heavy atom. The Labute approximate surface area is 135 Å². The minimum Gasteiger partial charge on any atom is -0.341 e. The Bertz CT molecular complexity index is 589. The van der Waals surface area contributed by atoms with Crippen LogP contribution in [0.25, 0.3) is 0 Å². The number of nitrogens with one attached hydrogen (secondary N) is 1. The van der Waals surface area contributed by atoms with Crippen molar-refractivity contribution in [1.29, 1.82) is 0 Å². The molecule has 0 unspecified atom stereocenters. The van der Waals surface area contributed by atoms with Crippen molar-refractivity contribution in [2.45, 2.75) is 24.0 Å². The zero-order chi connectivity index (χ0) is 15.2. The Morgan fingerprint density at radius 3 is 2.57 bits per heavy atom. The predicted octanol–water partition coefficient (Wildman–Crippen LogP) is 2.31. The highest BCUT2D eigenvalue weighted by molar-refractivity contribution is 9.10. The molecule has 0 spiro atoms. The average Bonchev–Trinajstić information content (AvgIpc) is 2.50. The molecule has 9 heteroatoms. The van der Waals surface area contributed by atoms with E-state index in [4.69, 9.17) is 5.84 Å². The molecular formula is C12H16BrN7S. The summed E-state index contributed by atoms with van der Waals surface area (Å²) >= 11 is 4.72. The van der Waals surface area contributed by atoms with Gasteiger partial charge in [-0.1, -0.05) is 0 Å². The molecule has 0 saturated carbocycles. The average molecular weight is 370 g/mol. The summed E-state index contributed by atoms with van der Waals surface area (Å²) in [6, 6.07) is 3.81. The van der Waals surface area contributed by atoms with Crippen molar-refractivity contribution in [3.8, 4) is 0 Å². The highest BCUT2D eigenvalue weighted by Gasteiger charge is 2.12. The number of aromatic nitrogens is 4. The van der Waals surface area contributed by atoms with Gasteiger partial charge in [-0.15, -0.1) is 0 Å². The molecule has 0 aliphatic carbocycles. The first kappa shape index (κ1) is 15.9. The first-order valence-electron chi connectivity index (χ1n) is 6.43. The molecule has 0 radical (unpaired) electrons. The largest absolute Gasteiger partial charge is 0.341 e. The predicted molar refractivity (Wildman–Crippen MR) is 87.3 cm³/mol. The Kier molecular flexibility index (Phi) is 5.71. The number of rotatable bonds is 6. The summed E-state index contributed by atoms with van der Waals surface area (Å²) in [5, 5.41) is 1.35. The minimum absolute atomic E-state index is 0.339. The van der Waals surface area contributed by atoms with Gasteiger partial charge in [0.2, 0.25) is 17.1 Å². The molecule has 0 atom stereocenters. The third-order valence-corrected chi connectivity index (χ3v) is 3.96. The molecule has 0 fully saturated rings. The van der Waals surface area contributed by atoms with E-state index in [9.17, 15) is 0 Å². The minimum atomic E-state index is 0.339. The fourth-order valence-electron chi connectivity index (χ4n) is 1.62. The second kappa shape index (κ2) is 7.53. The van der Waals surface area contributed by atoms with Gasteiger partial charge in [0.1, 0.15) is 5.03 Å². The summed E-state index contributed by atoms with van der Waals surface area (Å²) in [6.07, 6.45) is 1.73. The summed E-state index contributed by atoms with van der Waals surface area (Å²) in [4.78, 5) is 19.3. The highest BCUT2D eigenvalue weighted by Crippen LogP contribution is 2.25. The molecule has 112 valence electrons. The number of hydrogen-bond donors (Lipinski definition) is 2. The molecule has 0 saturated heterocycles. The fourth-order valence-corrected chi connectivity index (χ4v) is 2.54. The molecule has 7 nitrogen and oxygen atoms in total. The van der Waals surface area contributed by atoms with Gasteiger partial charge in [-0.2, -0.15) is 15.0 Å². The SMILES string of the molecule is CCN(CC)c1nc(NN)nc(Sc2ccc(Br)cn2)n1. The van der Waals surface area contributed by atoms with Crippen LogP contribution in [0.3, 0.4) is 0 Å². The second-order valence-electron chi connectivity index (χ2n) is 3.97. The lowest BCUT2D eigenvalue weighted by molar-refractivity contribution is 0.783. The van der Waals surface area contributed by atoms with Gasteiger partial charge in [-0.3, -0.25) is 5.43 Å². The van der Waals surface area contributed by atoms with E-state index in [1.807, 2.05) is 30.9 Å². The quantitative estimate of drug-likeness (QED) is 0.591. The van der Waals surface area contributed by atoms with Crippen LogP contribution in [0.5, 0.6) is 0 Å². The number of hydrogen-bond acceptors (Lipinski definition) is 8. The molecule has 2 heterocycles. The number of anilines is 2. The molecule has 21 heavy (non-hydrogen) atoms. The van der Waals surface area contributed by atoms with Gasteiger partial charge in [-0.05, 0) is 53.7 Å². The van der Waals surface area contributed by atoms with Crippen molar-refractivity contribution in [2.24, 2.45) is 5.84 Å². The maximum Gasteiger partial charge on any atom is 0.242 e. The number of nitrogens with zero attached hydrogens (tertiary/aromatic N) is 5. The smallest absolute Gasteiger partial charge is 0.242 e. The maximum atomic E-state index is 5.43. The molecule has 0 amide bonds. The van der Waals surface area contributed by atoms with Gasteiger partial charge in [0.15, 0.2) is 0 Å². The molecular weight excluding hydrogens is 354 g/mol. The summed E-state index contributed by atoms with van der Waals surface area (Å²) in [6.45, 7) is 5.72. The van der Waals surface area contributed by atoms with E-state index in [1.165, 1.54) is 11.8 Å². The van der Waals surface area contributed by atoms with E-state index < -0.39 is 0 Å². The van der Waals surface area contributed by atoms with E-state index in [0.717, 1.165) is 22.6 Å². The lowest BCUT2D eigenvalue weighted by Gasteiger charge is -2.19. The topological polar surface area (TPSA) is 92.9 Å². The number of hydrazine groups is 1. The van der Waals surface area contributed by atoms with Crippen LogP contribution < -0.4 is 16.2 Å². The van der Waals surface area contributed by atoms with Gasteiger partial charge in [0, 0.05) is 23.8 Å². The molecule has 0 aromatic carbocycles. The second-order valence-corrected chi connectivity index (χ2v) is 5.88. The zero-order valence-electron chi connectivity index (χ0n) is 11.7. The summed E-state index contributed by atoms with van der Waals surface area (Å²) < 4.78 is 0.927. The number of halogens is 1. The van der Waals surface area contributed by atoms with Crippen molar-refractivity contribution in [3.63, 3.8) is 0 Å². The highest BCUT2D eigenvalue weighted by atomic mass is 79.9. The van der Waals surface area contributed by atoms with E-state index >= 15 is 0 Å². The van der Waals surface area contributed by atoms with Crippen molar-refractivity contribution in [3.05, 3.63) is 22.8 Å². The Hall–Kier alpha value is -1.45. The van der Waals surface area contributed by atoms with Crippen LogP contribution in [0, 0.1) is 0 Å². The monoisotopic (exact) mass is 369 g/mol. The standard InChI is InChI=1S/C12H16BrN7S/c1-3-20(4-2)11-16-10(19-14)17-12(18-11)21-9-6-5-8(13)7-15-9/h5-7H,3-4,14H2,1-2H3,(H,16,17,18,19). The van der Waals surface area contributed by atoms with Crippen LogP contribution >= 0.6 is 27.7 Å². The molecule has 0 aliphatic rings. The normalized spacial score (nSPS) is 10.5. The summed E-state index contributed by atoms with van der Waals surface area (Å²) in [7, 11) is 0. The van der Waals surface area contributed by atoms with E-state index in [0.29, 0.717) is 17.1 Å². The van der Waals surface area contributed by atoms with Crippen molar-refractivity contribution >= 4 is 39.6 Å². The first-order valence-corrected chi connectivity index (χ1v) is 8.04. The van der Waals surface area contributed by atoms with Gasteiger partial charge in [0.25, 0.3) is 0 Å². The van der Waals surface area contributed by atoms with Crippen molar-refractivity contribution in [2.75, 3.05) is 23.4 Å². The van der Waals surface area contributed by atoms with E-state index in [2.05, 4.69) is 41.3 Å². The lowest BCUT2D eigenvalue weighted by Crippen LogP contribution is -2.25. The van der Waals surface area contributed by atoms with Crippen LogP contribution in [0.1, 0.15) is 13.8 Å². The third-order valence-electron chi connectivity index (χ3n) is 2.67. The van der Waals surface area contributed by atoms with E-state index in [1.54, 1.807) is 6.20 Å². The molecule has 2 rings (SSSR count). The van der Waals surface area contributed by atoms with Gasteiger partial charge in [-0.25, -0.2) is 10.8 Å².